The predicted molar refractivity (Wildman–Crippen MR) is 113 cm³/mol. The lowest BCUT2D eigenvalue weighted by atomic mass is 9.98. The molecule has 0 fully saturated rings. The lowest BCUT2D eigenvalue weighted by molar-refractivity contribution is -0.387. The van der Waals surface area contributed by atoms with Crippen LogP contribution in [0.15, 0.2) is 83.8 Å². The van der Waals surface area contributed by atoms with E-state index >= 15 is 0 Å². The molecular formula is C21H16ClFN2O5S. The molecule has 0 saturated heterocycles. The molecule has 0 aliphatic rings. The molecule has 0 spiro atoms. The quantitative estimate of drug-likeness (QED) is 0.233. The zero-order valence-electron chi connectivity index (χ0n) is 15.8. The Balaban J connectivity index is 2.05. The van der Waals surface area contributed by atoms with Gasteiger partial charge >= 0.3 is 0 Å². The van der Waals surface area contributed by atoms with Gasteiger partial charge in [-0.3, -0.25) is 14.9 Å². The van der Waals surface area contributed by atoms with Gasteiger partial charge in [-0.2, -0.15) is 4.72 Å². The summed E-state index contributed by atoms with van der Waals surface area (Å²) in [6, 6.07) is 16.1. The molecule has 0 saturated carbocycles. The van der Waals surface area contributed by atoms with E-state index in [4.69, 9.17) is 11.6 Å². The number of alkyl halides is 1. The number of carbonyl (C=O) groups is 1. The summed E-state index contributed by atoms with van der Waals surface area (Å²) in [4.78, 5) is 23.0. The highest BCUT2D eigenvalue weighted by atomic mass is 35.5. The third-order valence-electron chi connectivity index (χ3n) is 4.46. The van der Waals surface area contributed by atoms with Gasteiger partial charge in [0.25, 0.3) is 5.69 Å². The number of Topliss-reactive ketones (excluding diaryl/α,β-unsaturated/α-hetero) is 1. The molecule has 0 aliphatic heterocycles. The van der Waals surface area contributed by atoms with Crippen LogP contribution in [0.5, 0.6) is 0 Å². The normalized spacial score (nSPS) is 13.4. The van der Waals surface area contributed by atoms with Crippen molar-refractivity contribution < 1.29 is 22.5 Å². The average Bonchev–Trinajstić information content (AvgIpc) is 2.77. The molecule has 3 aromatic rings. The molecule has 3 aromatic carbocycles. The number of carbonyl (C=O) groups excluding carboxylic acids is 1. The highest BCUT2D eigenvalue weighted by Gasteiger charge is 2.35. The molecule has 10 heteroatoms. The van der Waals surface area contributed by atoms with Gasteiger partial charge in [0, 0.05) is 11.6 Å². The molecule has 31 heavy (non-hydrogen) atoms. The van der Waals surface area contributed by atoms with Crippen LogP contribution in [-0.4, -0.2) is 25.2 Å². The second kappa shape index (κ2) is 9.34. The number of benzene rings is 3. The van der Waals surface area contributed by atoms with E-state index in [1.807, 2.05) is 0 Å². The van der Waals surface area contributed by atoms with E-state index in [2.05, 4.69) is 4.72 Å². The predicted octanol–water partition coefficient (Wildman–Crippen LogP) is 4.24. The lowest BCUT2D eigenvalue weighted by Crippen LogP contribution is -2.43. The van der Waals surface area contributed by atoms with Crippen LogP contribution in [0.25, 0.3) is 0 Å². The van der Waals surface area contributed by atoms with Crippen LogP contribution in [-0.2, 0) is 10.0 Å². The summed E-state index contributed by atoms with van der Waals surface area (Å²) in [6.45, 7) is 0. The monoisotopic (exact) mass is 462 g/mol. The van der Waals surface area contributed by atoms with Gasteiger partial charge in [-0.1, -0.05) is 42.5 Å². The van der Waals surface area contributed by atoms with Crippen LogP contribution in [0.2, 0.25) is 0 Å². The fraction of sp³-hybridized carbons (Fsp3) is 0.0952. The Bertz CT molecular complexity index is 1200. The number of para-hydroxylation sites is 1. The first-order valence-electron chi connectivity index (χ1n) is 8.95. The minimum atomic E-state index is -4.52. The van der Waals surface area contributed by atoms with Crippen molar-refractivity contribution in [3.8, 4) is 0 Å². The number of sulfonamides is 1. The highest BCUT2D eigenvalue weighted by molar-refractivity contribution is 7.89. The van der Waals surface area contributed by atoms with Gasteiger partial charge in [-0.25, -0.2) is 12.8 Å². The minimum absolute atomic E-state index is 0.0262. The molecule has 2 atom stereocenters. The Morgan fingerprint density at radius 2 is 1.55 bits per heavy atom. The van der Waals surface area contributed by atoms with Gasteiger partial charge < -0.3 is 0 Å². The van der Waals surface area contributed by atoms with Crippen molar-refractivity contribution in [1.82, 2.24) is 4.72 Å². The van der Waals surface area contributed by atoms with Crippen molar-refractivity contribution in [3.63, 3.8) is 0 Å². The molecule has 7 nitrogen and oxygen atoms in total. The number of hydrogen-bond acceptors (Lipinski definition) is 5. The first kappa shape index (κ1) is 22.5. The van der Waals surface area contributed by atoms with Crippen molar-refractivity contribution in [2.75, 3.05) is 0 Å². The zero-order valence-corrected chi connectivity index (χ0v) is 17.4. The van der Waals surface area contributed by atoms with Crippen LogP contribution in [0, 0.1) is 15.9 Å². The van der Waals surface area contributed by atoms with Gasteiger partial charge in [-0.15, -0.1) is 11.6 Å². The summed E-state index contributed by atoms with van der Waals surface area (Å²) >= 11 is 6.49. The van der Waals surface area contributed by atoms with Crippen LogP contribution < -0.4 is 4.72 Å². The number of rotatable bonds is 8. The number of hydrogen-bond donors (Lipinski definition) is 1. The zero-order chi connectivity index (χ0) is 22.6. The third-order valence-corrected chi connectivity index (χ3v) is 6.45. The summed E-state index contributed by atoms with van der Waals surface area (Å²) in [6.07, 6.45) is 0. The number of nitro groups is 1. The Hall–Kier alpha value is -3.14. The van der Waals surface area contributed by atoms with Crippen LogP contribution in [0.4, 0.5) is 10.1 Å². The van der Waals surface area contributed by atoms with Gasteiger partial charge in [0.2, 0.25) is 10.0 Å². The summed E-state index contributed by atoms with van der Waals surface area (Å²) in [5.41, 5.74) is -0.165. The molecule has 0 bridgehead atoms. The first-order valence-corrected chi connectivity index (χ1v) is 10.9. The molecule has 160 valence electrons. The number of nitrogens with zero attached hydrogens (tertiary/aromatic N) is 1. The number of nitro benzene ring substituents is 1. The summed E-state index contributed by atoms with van der Waals surface area (Å²) in [5, 5.41) is 10.1. The van der Waals surface area contributed by atoms with Crippen molar-refractivity contribution in [2.45, 2.75) is 16.3 Å². The lowest BCUT2D eigenvalue weighted by Gasteiger charge is -2.23. The Morgan fingerprint density at radius 3 is 2.16 bits per heavy atom. The molecule has 0 aliphatic carbocycles. The number of nitrogens with one attached hydrogen (secondary N) is 1. The maximum Gasteiger partial charge on any atom is 0.289 e. The second-order valence-corrected chi connectivity index (χ2v) is 8.66. The van der Waals surface area contributed by atoms with E-state index in [0.29, 0.717) is 5.56 Å². The van der Waals surface area contributed by atoms with Crippen molar-refractivity contribution in [1.29, 1.82) is 0 Å². The molecule has 0 aromatic heterocycles. The Morgan fingerprint density at radius 1 is 0.968 bits per heavy atom. The summed E-state index contributed by atoms with van der Waals surface area (Å²) < 4.78 is 41.5. The van der Waals surface area contributed by atoms with E-state index in [1.165, 1.54) is 24.3 Å². The molecule has 0 heterocycles. The van der Waals surface area contributed by atoms with Gasteiger partial charge in [0.05, 0.1) is 10.3 Å². The van der Waals surface area contributed by atoms with Gasteiger partial charge in [0.1, 0.15) is 11.9 Å². The highest BCUT2D eigenvalue weighted by Crippen LogP contribution is 2.29. The van der Waals surface area contributed by atoms with Crippen molar-refractivity contribution >= 4 is 33.1 Å². The average molecular weight is 463 g/mol. The van der Waals surface area contributed by atoms with Crippen molar-refractivity contribution in [2.24, 2.45) is 0 Å². The Kier molecular flexibility index (Phi) is 6.79. The van der Waals surface area contributed by atoms with E-state index in [0.717, 1.165) is 24.3 Å². The topological polar surface area (TPSA) is 106 Å². The molecule has 0 amide bonds. The Labute approximate surface area is 182 Å². The maximum absolute atomic E-state index is 13.3. The molecule has 0 radical (unpaired) electrons. The van der Waals surface area contributed by atoms with E-state index in [9.17, 15) is 27.7 Å². The fourth-order valence-corrected chi connectivity index (χ4v) is 4.71. The van der Waals surface area contributed by atoms with Gasteiger partial charge in [0.15, 0.2) is 10.7 Å². The number of halogens is 2. The van der Waals surface area contributed by atoms with Gasteiger partial charge in [-0.05, 0) is 35.9 Å². The van der Waals surface area contributed by atoms with E-state index in [1.54, 1.807) is 30.3 Å². The van der Waals surface area contributed by atoms with Crippen LogP contribution >= 0.6 is 11.6 Å². The van der Waals surface area contributed by atoms with Crippen molar-refractivity contribution in [3.05, 3.63) is 106 Å². The van der Waals surface area contributed by atoms with Crippen LogP contribution in [0.1, 0.15) is 21.3 Å². The largest absolute Gasteiger partial charge is 0.292 e. The third kappa shape index (κ3) is 5.13. The minimum Gasteiger partial charge on any atom is -0.292 e. The molecular weight excluding hydrogens is 447 g/mol. The molecule has 1 N–H and O–H groups in total. The smallest absolute Gasteiger partial charge is 0.289 e. The molecule has 0 unspecified atom stereocenters. The SMILES string of the molecule is O=C(c1ccc(F)cc1)[C@H](NS(=O)(=O)c1ccccc1[N+](=O)[O-])[C@H](Cl)c1ccccc1. The number of ketones is 1. The maximum atomic E-state index is 13.3. The summed E-state index contributed by atoms with van der Waals surface area (Å²) in [7, 11) is -4.52. The van der Waals surface area contributed by atoms with E-state index in [-0.39, 0.29) is 5.56 Å². The first-order chi connectivity index (χ1) is 14.7. The van der Waals surface area contributed by atoms with Crippen LogP contribution in [0.3, 0.4) is 0 Å². The molecule has 3 rings (SSSR count). The van der Waals surface area contributed by atoms with E-state index < -0.39 is 48.5 Å². The fourth-order valence-electron chi connectivity index (χ4n) is 2.94. The standard InChI is InChI=1S/C21H16ClFN2O5S/c22-19(14-6-2-1-3-7-14)20(21(26)15-10-12-16(23)13-11-15)24-31(29,30)18-9-5-4-8-17(18)25(27)28/h1-13,19-20,24H/t19-,20-/m1/s1. The second-order valence-electron chi connectivity index (χ2n) is 6.51. The summed E-state index contributed by atoms with van der Waals surface area (Å²) in [5.74, 6) is -1.29.